The molecular weight excluding hydrogens is 178 g/mol. The summed E-state index contributed by atoms with van der Waals surface area (Å²) in [5.41, 5.74) is 0.962. The third-order valence-corrected chi connectivity index (χ3v) is 1.79. The number of nitrogens with one attached hydrogen (secondary N) is 1. The van der Waals surface area contributed by atoms with Gasteiger partial charge < -0.3 is 10.4 Å². The minimum atomic E-state index is 0.117. The molecule has 0 fully saturated rings. The molecule has 2 N–H and O–H groups in total. The molecular formula is C10H17N3O. The molecule has 0 aliphatic heterocycles. The summed E-state index contributed by atoms with van der Waals surface area (Å²) in [5, 5.41) is 11.7. The van der Waals surface area contributed by atoms with Crippen molar-refractivity contribution in [2.45, 2.75) is 26.7 Å². The van der Waals surface area contributed by atoms with E-state index in [1.807, 2.05) is 13.0 Å². The molecule has 1 aromatic rings. The Bertz CT molecular complexity index is 289. The predicted octanol–water partition coefficient (Wildman–Crippen LogP) is 1.14. The topological polar surface area (TPSA) is 58.0 Å². The second-order valence-electron chi connectivity index (χ2n) is 3.21. The van der Waals surface area contributed by atoms with Crippen LogP contribution in [0.2, 0.25) is 0 Å². The van der Waals surface area contributed by atoms with Crippen molar-refractivity contribution in [3.8, 4) is 0 Å². The summed E-state index contributed by atoms with van der Waals surface area (Å²) < 4.78 is 0. The van der Waals surface area contributed by atoms with Gasteiger partial charge in [0.2, 0.25) is 0 Å². The molecule has 14 heavy (non-hydrogen) atoms. The van der Waals surface area contributed by atoms with Crippen LogP contribution in [-0.4, -0.2) is 28.2 Å². The van der Waals surface area contributed by atoms with Gasteiger partial charge in [0.05, 0.1) is 6.61 Å². The highest BCUT2D eigenvalue weighted by Crippen LogP contribution is 2.06. The number of nitrogens with zero attached hydrogens (tertiary/aromatic N) is 2. The average Bonchev–Trinajstić information content (AvgIpc) is 2.14. The maximum atomic E-state index is 8.66. The van der Waals surface area contributed by atoms with Crippen molar-refractivity contribution in [2.24, 2.45) is 0 Å². The molecule has 0 amide bonds. The van der Waals surface area contributed by atoms with E-state index in [1.54, 1.807) is 0 Å². The quantitative estimate of drug-likeness (QED) is 0.739. The fourth-order valence-electron chi connectivity index (χ4n) is 1.24. The Balaban J connectivity index is 2.73. The Kier molecular flexibility index (Phi) is 4.32. The Morgan fingerprint density at radius 2 is 2.21 bits per heavy atom. The van der Waals surface area contributed by atoms with Gasteiger partial charge in [-0.25, -0.2) is 9.97 Å². The molecule has 1 heterocycles. The van der Waals surface area contributed by atoms with Gasteiger partial charge in [0.25, 0.3) is 0 Å². The summed E-state index contributed by atoms with van der Waals surface area (Å²) >= 11 is 0. The van der Waals surface area contributed by atoms with Gasteiger partial charge in [-0.1, -0.05) is 6.92 Å². The van der Waals surface area contributed by atoms with Crippen molar-refractivity contribution < 1.29 is 5.11 Å². The summed E-state index contributed by atoms with van der Waals surface area (Å²) in [5.74, 6) is 1.67. The Morgan fingerprint density at radius 3 is 2.86 bits per heavy atom. The maximum absolute atomic E-state index is 8.66. The highest BCUT2D eigenvalue weighted by Gasteiger charge is 2.00. The number of hydrogen-bond donors (Lipinski definition) is 2. The molecule has 78 valence electrons. The van der Waals surface area contributed by atoms with Crippen molar-refractivity contribution in [1.29, 1.82) is 0 Å². The van der Waals surface area contributed by atoms with E-state index < -0.39 is 0 Å². The van der Waals surface area contributed by atoms with Crippen molar-refractivity contribution in [1.82, 2.24) is 9.97 Å². The lowest BCUT2D eigenvalue weighted by Gasteiger charge is -2.06. The highest BCUT2D eigenvalue weighted by molar-refractivity contribution is 5.35. The molecule has 0 aromatic carbocycles. The molecule has 0 saturated heterocycles. The summed E-state index contributed by atoms with van der Waals surface area (Å²) in [6.07, 6.45) is 1.94. The third kappa shape index (κ3) is 3.30. The van der Waals surface area contributed by atoms with Gasteiger partial charge in [0.1, 0.15) is 11.6 Å². The lowest BCUT2D eigenvalue weighted by Crippen LogP contribution is -2.09. The lowest BCUT2D eigenvalue weighted by atomic mass is 10.3. The molecule has 0 aliphatic rings. The van der Waals surface area contributed by atoms with Gasteiger partial charge in [-0.05, 0) is 13.3 Å². The first-order chi connectivity index (χ1) is 6.76. The van der Waals surface area contributed by atoms with Crippen LogP contribution in [0, 0.1) is 6.92 Å². The molecule has 4 heteroatoms. The van der Waals surface area contributed by atoms with E-state index in [-0.39, 0.29) is 6.61 Å². The van der Waals surface area contributed by atoms with E-state index >= 15 is 0 Å². The van der Waals surface area contributed by atoms with Crippen LogP contribution in [0.4, 0.5) is 5.82 Å². The number of aromatic nitrogens is 2. The van der Waals surface area contributed by atoms with Crippen LogP contribution in [0.25, 0.3) is 0 Å². The number of aliphatic hydroxyl groups is 1. The second-order valence-corrected chi connectivity index (χ2v) is 3.21. The van der Waals surface area contributed by atoms with E-state index in [0.29, 0.717) is 6.54 Å². The summed E-state index contributed by atoms with van der Waals surface area (Å²) in [4.78, 5) is 8.65. The van der Waals surface area contributed by atoms with Gasteiger partial charge in [-0.3, -0.25) is 0 Å². The fourth-order valence-corrected chi connectivity index (χ4v) is 1.24. The zero-order chi connectivity index (χ0) is 10.4. The fraction of sp³-hybridized carbons (Fsp3) is 0.600. The number of hydrogen-bond acceptors (Lipinski definition) is 4. The molecule has 0 atom stereocenters. The van der Waals surface area contributed by atoms with Crippen LogP contribution in [-0.2, 0) is 6.42 Å². The average molecular weight is 195 g/mol. The molecule has 0 unspecified atom stereocenters. The van der Waals surface area contributed by atoms with Crippen molar-refractivity contribution in [3.05, 3.63) is 17.6 Å². The number of rotatable bonds is 5. The monoisotopic (exact) mass is 195 g/mol. The maximum Gasteiger partial charge on any atom is 0.130 e. The van der Waals surface area contributed by atoms with Crippen LogP contribution >= 0.6 is 0 Å². The molecule has 4 nitrogen and oxygen atoms in total. The Labute approximate surface area is 84.4 Å². The zero-order valence-corrected chi connectivity index (χ0v) is 8.75. The van der Waals surface area contributed by atoms with E-state index in [1.165, 1.54) is 0 Å². The van der Waals surface area contributed by atoms with Gasteiger partial charge in [0.15, 0.2) is 0 Å². The highest BCUT2D eigenvalue weighted by atomic mass is 16.3. The van der Waals surface area contributed by atoms with Crippen LogP contribution in [0.1, 0.15) is 24.9 Å². The molecule has 1 aromatic heterocycles. The molecule has 0 aliphatic carbocycles. The van der Waals surface area contributed by atoms with Gasteiger partial charge in [-0.15, -0.1) is 0 Å². The molecule has 1 rings (SSSR count). The largest absolute Gasteiger partial charge is 0.395 e. The third-order valence-electron chi connectivity index (χ3n) is 1.79. The first-order valence-corrected chi connectivity index (χ1v) is 4.95. The molecule has 0 saturated carbocycles. The van der Waals surface area contributed by atoms with Crippen molar-refractivity contribution in [2.75, 3.05) is 18.5 Å². The Morgan fingerprint density at radius 1 is 1.43 bits per heavy atom. The summed E-state index contributed by atoms with van der Waals surface area (Å²) in [6, 6.07) is 1.88. The lowest BCUT2D eigenvalue weighted by molar-refractivity contribution is 0.311. The summed E-state index contributed by atoms with van der Waals surface area (Å²) in [7, 11) is 0. The van der Waals surface area contributed by atoms with Gasteiger partial charge in [0, 0.05) is 24.7 Å². The van der Waals surface area contributed by atoms with Crippen molar-refractivity contribution >= 4 is 5.82 Å². The van der Waals surface area contributed by atoms with Gasteiger partial charge in [-0.2, -0.15) is 0 Å². The zero-order valence-electron chi connectivity index (χ0n) is 8.75. The van der Waals surface area contributed by atoms with E-state index in [0.717, 1.165) is 30.2 Å². The smallest absolute Gasteiger partial charge is 0.130 e. The number of anilines is 1. The van der Waals surface area contributed by atoms with Crippen molar-refractivity contribution in [3.63, 3.8) is 0 Å². The SMILES string of the molecule is CCCc1nc(C)cc(NCCO)n1. The first kappa shape index (κ1) is 10.9. The summed E-state index contributed by atoms with van der Waals surface area (Å²) in [6.45, 7) is 4.70. The second kappa shape index (κ2) is 5.54. The minimum Gasteiger partial charge on any atom is -0.395 e. The molecule has 0 spiro atoms. The minimum absolute atomic E-state index is 0.117. The number of aliphatic hydroxyl groups excluding tert-OH is 1. The standard InChI is InChI=1S/C10H17N3O/c1-3-4-9-12-8(2)7-10(13-9)11-5-6-14/h7,14H,3-6H2,1-2H3,(H,11,12,13). The molecule has 0 radical (unpaired) electrons. The van der Waals surface area contributed by atoms with Crippen LogP contribution in [0.5, 0.6) is 0 Å². The predicted molar refractivity (Wildman–Crippen MR) is 56.3 cm³/mol. The van der Waals surface area contributed by atoms with Crippen LogP contribution in [0.3, 0.4) is 0 Å². The van der Waals surface area contributed by atoms with Crippen LogP contribution < -0.4 is 5.32 Å². The van der Waals surface area contributed by atoms with E-state index in [4.69, 9.17) is 5.11 Å². The van der Waals surface area contributed by atoms with E-state index in [2.05, 4.69) is 22.2 Å². The normalized spacial score (nSPS) is 10.2. The Hall–Kier alpha value is -1.16. The number of aryl methyl sites for hydroxylation is 2. The van der Waals surface area contributed by atoms with Gasteiger partial charge >= 0.3 is 0 Å². The van der Waals surface area contributed by atoms with Crippen LogP contribution in [0.15, 0.2) is 6.07 Å². The van der Waals surface area contributed by atoms with E-state index in [9.17, 15) is 0 Å². The first-order valence-electron chi connectivity index (χ1n) is 4.95. The molecule has 0 bridgehead atoms.